The van der Waals surface area contributed by atoms with E-state index < -0.39 is 18.4 Å². The lowest BCUT2D eigenvalue weighted by Crippen LogP contribution is -2.23. The number of aromatic nitrogens is 2. The lowest BCUT2D eigenvalue weighted by atomic mass is 10.3. The SMILES string of the molecule is CC(C(F)F)n1nccc1C(N)=O. The highest BCUT2D eigenvalue weighted by Crippen LogP contribution is 2.16. The van der Waals surface area contributed by atoms with E-state index in [2.05, 4.69) is 5.10 Å². The van der Waals surface area contributed by atoms with Crippen LogP contribution in [0.2, 0.25) is 0 Å². The molecular formula is C7H9F2N3O. The van der Waals surface area contributed by atoms with Crippen molar-refractivity contribution in [2.24, 2.45) is 5.73 Å². The minimum atomic E-state index is -2.57. The van der Waals surface area contributed by atoms with Crippen molar-refractivity contribution >= 4 is 5.91 Å². The van der Waals surface area contributed by atoms with Crippen molar-refractivity contribution in [1.82, 2.24) is 9.78 Å². The second-order valence-corrected chi connectivity index (χ2v) is 2.60. The topological polar surface area (TPSA) is 60.9 Å². The summed E-state index contributed by atoms with van der Waals surface area (Å²) in [4.78, 5) is 10.7. The van der Waals surface area contributed by atoms with Crippen LogP contribution in [0, 0.1) is 0 Å². The van der Waals surface area contributed by atoms with Crippen molar-refractivity contribution in [2.75, 3.05) is 0 Å². The van der Waals surface area contributed by atoms with Crippen LogP contribution >= 0.6 is 0 Å². The zero-order valence-electron chi connectivity index (χ0n) is 6.95. The Hall–Kier alpha value is -1.46. The monoisotopic (exact) mass is 189 g/mol. The third-order valence-corrected chi connectivity index (χ3v) is 1.67. The first-order valence-electron chi connectivity index (χ1n) is 3.65. The van der Waals surface area contributed by atoms with Crippen LogP contribution in [0.1, 0.15) is 23.5 Å². The number of primary amides is 1. The van der Waals surface area contributed by atoms with Crippen molar-refractivity contribution in [3.05, 3.63) is 18.0 Å². The zero-order chi connectivity index (χ0) is 10.0. The largest absolute Gasteiger partial charge is 0.364 e. The van der Waals surface area contributed by atoms with Gasteiger partial charge >= 0.3 is 0 Å². The van der Waals surface area contributed by atoms with Gasteiger partial charge in [-0.3, -0.25) is 9.48 Å². The van der Waals surface area contributed by atoms with Crippen molar-refractivity contribution in [3.8, 4) is 0 Å². The summed E-state index contributed by atoms with van der Waals surface area (Å²) in [6, 6.07) is 0.166. The van der Waals surface area contributed by atoms with Gasteiger partial charge in [-0.1, -0.05) is 0 Å². The molecule has 1 rings (SSSR count). The van der Waals surface area contributed by atoms with E-state index in [1.807, 2.05) is 0 Å². The summed E-state index contributed by atoms with van der Waals surface area (Å²) in [7, 11) is 0. The van der Waals surface area contributed by atoms with Gasteiger partial charge in [0.15, 0.2) is 0 Å². The van der Waals surface area contributed by atoms with E-state index in [1.54, 1.807) is 0 Å². The van der Waals surface area contributed by atoms with E-state index in [4.69, 9.17) is 5.73 Å². The van der Waals surface area contributed by atoms with E-state index in [9.17, 15) is 13.6 Å². The number of nitrogens with two attached hydrogens (primary N) is 1. The minimum absolute atomic E-state index is 0.00667. The molecule has 0 aliphatic carbocycles. The molecule has 1 aromatic rings. The van der Waals surface area contributed by atoms with Gasteiger partial charge in [0.1, 0.15) is 11.7 Å². The van der Waals surface area contributed by atoms with Gasteiger partial charge in [-0.05, 0) is 13.0 Å². The highest BCUT2D eigenvalue weighted by Gasteiger charge is 2.21. The summed E-state index contributed by atoms with van der Waals surface area (Å²) in [5, 5.41) is 3.59. The van der Waals surface area contributed by atoms with Gasteiger partial charge in [0.05, 0.1) is 0 Å². The van der Waals surface area contributed by atoms with Crippen molar-refractivity contribution in [3.63, 3.8) is 0 Å². The van der Waals surface area contributed by atoms with E-state index in [-0.39, 0.29) is 5.69 Å². The quantitative estimate of drug-likeness (QED) is 0.764. The fourth-order valence-corrected chi connectivity index (χ4v) is 0.941. The van der Waals surface area contributed by atoms with Crippen LogP contribution in [0.4, 0.5) is 8.78 Å². The van der Waals surface area contributed by atoms with Gasteiger partial charge in [-0.15, -0.1) is 0 Å². The Balaban J connectivity index is 3.00. The number of nitrogens with zero attached hydrogens (tertiary/aromatic N) is 2. The maximum Gasteiger partial charge on any atom is 0.266 e. The highest BCUT2D eigenvalue weighted by atomic mass is 19.3. The van der Waals surface area contributed by atoms with Gasteiger partial charge in [0.25, 0.3) is 12.3 Å². The molecule has 1 atom stereocenters. The minimum Gasteiger partial charge on any atom is -0.364 e. The van der Waals surface area contributed by atoms with Crippen molar-refractivity contribution in [2.45, 2.75) is 19.4 Å². The fourth-order valence-electron chi connectivity index (χ4n) is 0.941. The van der Waals surface area contributed by atoms with E-state index in [1.165, 1.54) is 19.2 Å². The van der Waals surface area contributed by atoms with Crippen LogP contribution in [0.25, 0.3) is 0 Å². The molecule has 0 radical (unpaired) electrons. The molecule has 13 heavy (non-hydrogen) atoms. The number of rotatable bonds is 3. The van der Waals surface area contributed by atoms with Crippen molar-refractivity contribution < 1.29 is 13.6 Å². The molecule has 72 valence electrons. The molecule has 0 aromatic carbocycles. The maximum absolute atomic E-state index is 12.2. The molecule has 1 unspecified atom stereocenters. The van der Waals surface area contributed by atoms with Gasteiger partial charge in [0.2, 0.25) is 0 Å². The Morgan fingerprint density at radius 2 is 2.31 bits per heavy atom. The normalized spacial score (nSPS) is 13.2. The molecule has 0 saturated heterocycles. The predicted octanol–water partition coefficient (Wildman–Crippen LogP) is 0.808. The van der Waals surface area contributed by atoms with Crippen LogP contribution in [-0.2, 0) is 0 Å². The van der Waals surface area contributed by atoms with E-state index in [0.717, 1.165) is 4.68 Å². The molecule has 2 N–H and O–H groups in total. The molecule has 1 aromatic heterocycles. The van der Waals surface area contributed by atoms with Crippen LogP contribution in [0.3, 0.4) is 0 Å². The van der Waals surface area contributed by atoms with Crippen LogP contribution in [-0.4, -0.2) is 22.1 Å². The number of halogens is 2. The Bertz CT molecular complexity index is 310. The number of hydrogen-bond donors (Lipinski definition) is 1. The summed E-state index contributed by atoms with van der Waals surface area (Å²) in [5.41, 5.74) is 4.95. The lowest BCUT2D eigenvalue weighted by molar-refractivity contribution is 0.0809. The highest BCUT2D eigenvalue weighted by molar-refractivity contribution is 5.90. The number of carbonyl (C=O) groups excluding carboxylic acids is 1. The van der Waals surface area contributed by atoms with E-state index >= 15 is 0 Å². The van der Waals surface area contributed by atoms with Gasteiger partial charge in [-0.2, -0.15) is 5.10 Å². The maximum atomic E-state index is 12.2. The van der Waals surface area contributed by atoms with Crippen LogP contribution < -0.4 is 5.73 Å². The van der Waals surface area contributed by atoms with Gasteiger partial charge < -0.3 is 5.73 Å². The second kappa shape index (κ2) is 3.51. The third-order valence-electron chi connectivity index (χ3n) is 1.67. The van der Waals surface area contributed by atoms with Gasteiger partial charge in [0, 0.05) is 6.20 Å². The molecule has 1 heterocycles. The predicted molar refractivity (Wildman–Crippen MR) is 41.5 cm³/mol. The molecule has 0 saturated carbocycles. The number of amides is 1. The fraction of sp³-hybridized carbons (Fsp3) is 0.429. The summed E-state index contributed by atoms with van der Waals surface area (Å²) in [5.74, 6) is -0.759. The van der Waals surface area contributed by atoms with Gasteiger partial charge in [-0.25, -0.2) is 8.78 Å². The standard InChI is InChI=1S/C7H9F2N3O/c1-4(6(8)9)12-5(7(10)13)2-3-11-12/h2-4,6H,1H3,(H2,10,13). The molecule has 0 fully saturated rings. The molecular weight excluding hydrogens is 180 g/mol. The summed E-state index contributed by atoms with van der Waals surface area (Å²) >= 11 is 0. The smallest absolute Gasteiger partial charge is 0.266 e. The molecule has 0 aliphatic heterocycles. The second-order valence-electron chi connectivity index (χ2n) is 2.60. The zero-order valence-corrected chi connectivity index (χ0v) is 6.95. The first-order valence-corrected chi connectivity index (χ1v) is 3.65. The Morgan fingerprint density at radius 3 is 2.77 bits per heavy atom. The number of alkyl halides is 2. The van der Waals surface area contributed by atoms with E-state index in [0.29, 0.717) is 0 Å². The number of carbonyl (C=O) groups is 1. The third kappa shape index (κ3) is 1.82. The van der Waals surface area contributed by atoms with Crippen LogP contribution in [0.15, 0.2) is 12.3 Å². The average molecular weight is 189 g/mol. The Morgan fingerprint density at radius 1 is 1.69 bits per heavy atom. The molecule has 4 nitrogen and oxygen atoms in total. The Kier molecular flexibility index (Phi) is 2.60. The number of hydrogen-bond acceptors (Lipinski definition) is 2. The molecule has 0 spiro atoms. The average Bonchev–Trinajstić information content (AvgIpc) is 2.50. The lowest BCUT2D eigenvalue weighted by Gasteiger charge is -2.12. The molecule has 0 bridgehead atoms. The summed E-state index contributed by atoms with van der Waals surface area (Å²) in [6.45, 7) is 1.27. The Labute approximate surface area is 73.3 Å². The van der Waals surface area contributed by atoms with Crippen LogP contribution in [0.5, 0.6) is 0 Å². The summed E-state index contributed by atoms with van der Waals surface area (Å²) < 4.78 is 25.4. The van der Waals surface area contributed by atoms with Crippen molar-refractivity contribution in [1.29, 1.82) is 0 Å². The molecule has 1 amide bonds. The first kappa shape index (κ1) is 9.63. The summed E-state index contributed by atoms with van der Waals surface area (Å²) in [6.07, 6.45) is -1.31. The molecule has 0 aliphatic rings. The first-order chi connectivity index (χ1) is 6.04. The molecule has 6 heteroatoms.